The monoisotopic (exact) mass is 688 g/mol. The van der Waals surface area contributed by atoms with Crippen molar-refractivity contribution in [1.82, 2.24) is 20.4 Å². The van der Waals surface area contributed by atoms with Gasteiger partial charge in [0.05, 0.1) is 24.0 Å². The Labute approximate surface area is 294 Å². The highest BCUT2D eigenvalue weighted by atomic mass is 16.6. The van der Waals surface area contributed by atoms with Crippen molar-refractivity contribution in [2.24, 2.45) is 23.7 Å². The lowest BCUT2D eigenvalue weighted by Crippen LogP contribution is -2.52. The van der Waals surface area contributed by atoms with E-state index in [9.17, 15) is 29.4 Å². The molecule has 0 heterocycles. The van der Waals surface area contributed by atoms with Crippen LogP contribution in [0.4, 0.5) is 4.79 Å². The van der Waals surface area contributed by atoms with Crippen LogP contribution in [0.15, 0.2) is 30.3 Å². The predicted molar refractivity (Wildman–Crippen MR) is 192 cm³/mol. The Morgan fingerprint density at radius 3 is 2.12 bits per heavy atom. The largest absolute Gasteiger partial charge is 0.444 e. The Kier molecular flexibility index (Phi) is 17.6. The number of hydrogen-bond acceptors (Lipinski definition) is 7. The summed E-state index contributed by atoms with van der Waals surface area (Å²) >= 11 is 0. The third-order valence-electron chi connectivity index (χ3n) is 9.21. The number of ether oxygens (including phenoxy) is 1. The Balaban J connectivity index is 2.04. The summed E-state index contributed by atoms with van der Waals surface area (Å²) in [4.78, 5) is 55.5. The number of benzene rings is 1. The van der Waals surface area contributed by atoms with Crippen molar-refractivity contribution < 1.29 is 34.1 Å². The molecule has 1 aromatic rings. The molecule has 49 heavy (non-hydrogen) atoms. The fourth-order valence-corrected chi connectivity index (χ4v) is 6.15. The molecule has 0 aliphatic heterocycles. The second kappa shape index (κ2) is 20.5. The number of likely N-dealkylation sites (N-methyl/N-ethyl adjacent to an activating group) is 2. The number of rotatable bonds is 18. The summed E-state index contributed by atoms with van der Waals surface area (Å²) in [7, 11) is 3.26. The van der Waals surface area contributed by atoms with Crippen molar-refractivity contribution in [3.63, 3.8) is 0 Å². The van der Waals surface area contributed by atoms with Crippen molar-refractivity contribution >= 4 is 23.8 Å². The molecule has 0 saturated heterocycles. The van der Waals surface area contributed by atoms with Gasteiger partial charge in [0.2, 0.25) is 17.7 Å². The molecular weight excluding hydrogens is 624 g/mol. The van der Waals surface area contributed by atoms with Gasteiger partial charge in [-0.25, -0.2) is 4.79 Å². The Bertz CT molecular complexity index is 1170. The van der Waals surface area contributed by atoms with Crippen molar-refractivity contribution in [1.29, 1.82) is 0 Å². The first-order chi connectivity index (χ1) is 23.0. The lowest BCUT2D eigenvalue weighted by atomic mass is 9.82. The van der Waals surface area contributed by atoms with Crippen LogP contribution < -0.4 is 10.6 Å². The minimum atomic E-state index is -1.09. The first-order valence-electron chi connectivity index (χ1n) is 18.1. The van der Waals surface area contributed by atoms with E-state index < -0.39 is 41.8 Å². The molecule has 1 fully saturated rings. The van der Waals surface area contributed by atoms with Crippen molar-refractivity contribution in [3.05, 3.63) is 35.9 Å². The maximum Gasteiger partial charge on any atom is 0.410 e. The molecule has 0 aromatic heterocycles. The fourth-order valence-electron chi connectivity index (χ4n) is 6.15. The van der Waals surface area contributed by atoms with Crippen LogP contribution in [-0.4, -0.2) is 101 Å². The zero-order valence-corrected chi connectivity index (χ0v) is 31.2. The van der Waals surface area contributed by atoms with E-state index >= 15 is 0 Å². The zero-order valence-electron chi connectivity index (χ0n) is 31.2. The van der Waals surface area contributed by atoms with Gasteiger partial charge in [0.1, 0.15) is 11.7 Å². The van der Waals surface area contributed by atoms with Crippen LogP contribution in [-0.2, 0) is 25.5 Å². The quantitative estimate of drug-likeness (QED) is 0.177. The molecule has 1 aromatic carbocycles. The number of nitrogens with zero attached hydrogens (tertiary/aromatic N) is 2. The molecule has 0 bridgehead atoms. The SMILES string of the molecule is CC(C)C[C@H](O)[C@H](O)[C@H](CC1CCCCC1)NC(=O)[C@H](C)CNC(=O)[C@@H](CC(=O)N(C)CCN(C)C(=O)OC(C)(C)C)Cc1ccccc1. The number of nitrogens with one attached hydrogen (secondary N) is 2. The molecule has 0 spiro atoms. The number of hydrogen-bond donors (Lipinski definition) is 4. The fraction of sp³-hybridized carbons (Fsp3) is 0.737. The van der Waals surface area contributed by atoms with Gasteiger partial charge in [-0.3, -0.25) is 14.4 Å². The molecule has 1 aliphatic rings. The van der Waals surface area contributed by atoms with E-state index in [0.29, 0.717) is 25.2 Å². The van der Waals surface area contributed by atoms with Crippen LogP contribution in [0.3, 0.4) is 0 Å². The number of aliphatic hydroxyl groups is 2. The normalized spacial score (nSPS) is 17.0. The van der Waals surface area contributed by atoms with Gasteiger partial charge in [0.25, 0.3) is 0 Å². The van der Waals surface area contributed by atoms with Crippen LogP contribution in [0.1, 0.15) is 98.5 Å². The van der Waals surface area contributed by atoms with E-state index in [-0.39, 0.29) is 49.7 Å². The van der Waals surface area contributed by atoms with E-state index in [1.807, 2.05) is 44.2 Å². The summed E-state index contributed by atoms with van der Waals surface area (Å²) in [5.74, 6) is -1.58. The van der Waals surface area contributed by atoms with Gasteiger partial charge in [-0.15, -0.1) is 0 Å². The molecule has 278 valence electrons. The summed E-state index contributed by atoms with van der Waals surface area (Å²) < 4.78 is 5.39. The van der Waals surface area contributed by atoms with Gasteiger partial charge in [-0.1, -0.05) is 83.2 Å². The van der Waals surface area contributed by atoms with Gasteiger partial charge >= 0.3 is 6.09 Å². The first-order valence-corrected chi connectivity index (χ1v) is 18.1. The number of amides is 4. The average molecular weight is 689 g/mol. The van der Waals surface area contributed by atoms with E-state index in [4.69, 9.17) is 4.74 Å². The number of carbonyl (C=O) groups is 4. The van der Waals surface area contributed by atoms with Crippen LogP contribution in [0.25, 0.3) is 0 Å². The van der Waals surface area contributed by atoms with Gasteiger partial charge in [-0.2, -0.15) is 0 Å². The molecule has 0 radical (unpaired) electrons. The third kappa shape index (κ3) is 15.9. The molecule has 1 aliphatic carbocycles. The predicted octanol–water partition coefficient (Wildman–Crippen LogP) is 4.54. The van der Waals surface area contributed by atoms with E-state index in [1.54, 1.807) is 41.8 Å². The topological polar surface area (TPSA) is 149 Å². The minimum absolute atomic E-state index is 0.0443. The number of aliphatic hydroxyl groups excluding tert-OH is 2. The van der Waals surface area contributed by atoms with Crippen LogP contribution in [0.2, 0.25) is 0 Å². The summed E-state index contributed by atoms with van der Waals surface area (Å²) in [6.45, 7) is 11.7. The summed E-state index contributed by atoms with van der Waals surface area (Å²) in [5.41, 5.74) is 0.282. The smallest absolute Gasteiger partial charge is 0.410 e. The first kappa shape index (κ1) is 42.0. The lowest BCUT2D eigenvalue weighted by molar-refractivity contribution is -0.136. The molecule has 4 N–H and O–H groups in total. The maximum absolute atomic E-state index is 13.6. The summed E-state index contributed by atoms with van der Waals surface area (Å²) in [6, 6.07) is 8.88. The highest BCUT2D eigenvalue weighted by Crippen LogP contribution is 2.29. The van der Waals surface area contributed by atoms with E-state index in [1.165, 1.54) is 16.2 Å². The van der Waals surface area contributed by atoms with Crippen molar-refractivity contribution in [3.8, 4) is 0 Å². The van der Waals surface area contributed by atoms with Gasteiger partial charge in [0, 0.05) is 40.2 Å². The van der Waals surface area contributed by atoms with Crippen LogP contribution in [0, 0.1) is 23.7 Å². The van der Waals surface area contributed by atoms with Crippen molar-refractivity contribution in [2.75, 3.05) is 33.7 Å². The number of carbonyl (C=O) groups excluding carboxylic acids is 4. The second-order valence-electron chi connectivity index (χ2n) is 15.5. The highest BCUT2D eigenvalue weighted by molar-refractivity contribution is 5.86. The zero-order chi connectivity index (χ0) is 36.7. The standard InChI is InChI=1S/C38H64N4O7/c1-26(2)21-32(43)34(45)31(23-29-17-13-10-14-18-29)40-35(46)27(3)25-39-36(47)30(22-28-15-11-9-12-16-28)24-33(44)41(7)19-20-42(8)37(48)49-38(4,5)6/h9,11-12,15-16,26-27,29-32,34,43,45H,10,13-14,17-25H2,1-8H3,(H,39,47)(H,40,46)/t27-,30-,31+,32+,34-/m1/s1. The van der Waals surface area contributed by atoms with Gasteiger partial charge < -0.3 is 35.4 Å². The van der Waals surface area contributed by atoms with E-state index in [0.717, 1.165) is 31.2 Å². The lowest BCUT2D eigenvalue weighted by Gasteiger charge is -2.33. The Morgan fingerprint density at radius 2 is 1.53 bits per heavy atom. The Hall–Kier alpha value is -3.18. The van der Waals surface area contributed by atoms with Crippen LogP contribution >= 0.6 is 0 Å². The molecule has 0 unspecified atom stereocenters. The summed E-state index contributed by atoms with van der Waals surface area (Å²) in [5, 5.41) is 27.7. The molecule has 11 nitrogen and oxygen atoms in total. The average Bonchev–Trinajstić information content (AvgIpc) is 3.04. The highest BCUT2D eigenvalue weighted by Gasteiger charge is 2.32. The molecule has 2 rings (SSSR count). The van der Waals surface area contributed by atoms with Crippen LogP contribution in [0.5, 0.6) is 0 Å². The summed E-state index contributed by atoms with van der Waals surface area (Å²) in [6.07, 6.45) is 4.36. The Morgan fingerprint density at radius 1 is 0.918 bits per heavy atom. The van der Waals surface area contributed by atoms with Crippen molar-refractivity contribution in [2.45, 2.75) is 123 Å². The second-order valence-corrected chi connectivity index (χ2v) is 15.5. The van der Waals surface area contributed by atoms with E-state index in [2.05, 4.69) is 10.6 Å². The third-order valence-corrected chi connectivity index (χ3v) is 9.21. The molecule has 5 atom stereocenters. The molecule has 4 amide bonds. The van der Waals surface area contributed by atoms with Gasteiger partial charge in [0.15, 0.2) is 0 Å². The molecular formula is C38H64N4O7. The molecule has 1 saturated carbocycles. The molecule has 11 heteroatoms. The van der Waals surface area contributed by atoms with Gasteiger partial charge in [-0.05, 0) is 57.4 Å². The maximum atomic E-state index is 13.6. The minimum Gasteiger partial charge on any atom is -0.444 e.